The molecule has 1 rings (SSSR count). The Labute approximate surface area is 117 Å². The van der Waals surface area contributed by atoms with Gasteiger partial charge in [0, 0.05) is 6.42 Å². The molecule has 7 heteroatoms. The number of amides is 1. The van der Waals surface area contributed by atoms with Crippen molar-refractivity contribution in [3.05, 3.63) is 0 Å². The summed E-state index contributed by atoms with van der Waals surface area (Å²) >= 11 is 0.957. The zero-order valence-corrected chi connectivity index (χ0v) is 11.8. The summed E-state index contributed by atoms with van der Waals surface area (Å²) in [5.74, 6) is -0.244. The van der Waals surface area contributed by atoms with Gasteiger partial charge in [-0.15, -0.1) is 11.8 Å². The number of hydrogen-bond donors (Lipinski definition) is 5. The van der Waals surface area contributed by atoms with E-state index in [1.54, 1.807) is 0 Å². The van der Waals surface area contributed by atoms with Crippen molar-refractivity contribution in [2.75, 3.05) is 6.61 Å². The fourth-order valence-corrected chi connectivity index (χ4v) is 3.21. The summed E-state index contributed by atoms with van der Waals surface area (Å²) in [5.41, 5.74) is -1.04. The quantitative estimate of drug-likeness (QED) is 0.410. The molecule has 0 unspecified atom stereocenters. The number of unbranched alkanes of at least 4 members (excludes halogenated alkanes) is 2. The third kappa shape index (κ3) is 4.61. The second-order valence-electron chi connectivity index (χ2n) is 4.78. The maximum atomic E-state index is 11.7. The molecule has 19 heavy (non-hydrogen) atoms. The minimum Gasteiger partial charge on any atom is -0.395 e. The molecular weight excluding hydrogens is 270 g/mol. The molecule has 0 aromatic heterocycles. The van der Waals surface area contributed by atoms with Gasteiger partial charge in [0.1, 0.15) is 11.5 Å². The highest BCUT2D eigenvalue weighted by molar-refractivity contribution is 8.00. The van der Waals surface area contributed by atoms with E-state index in [0.717, 1.165) is 31.0 Å². The van der Waals surface area contributed by atoms with Gasteiger partial charge in [-0.2, -0.15) is 0 Å². The zero-order valence-electron chi connectivity index (χ0n) is 11.0. The number of carbonyl (C=O) groups is 1. The van der Waals surface area contributed by atoms with E-state index in [2.05, 4.69) is 5.32 Å². The first-order valence-electron chi connectivity index (χ1n) is 6.61. The maximum absolute atomic E-state index is 11.7. The summed E-state index contributed by atoms with van der Waals surface area (Å²) in [7, 11) is 0. The molecule has 0 bridgehead atoms. The van der Waals surface area contributed by atoms with Crippen molar-refractivity contribution in [3.8, 4) is 0 Å². The largest absolute Gasteiger partial charge is 0.395 e. The smallest absolute Gasteiger partial charge is 0.220 e. The molecule has 1 aliphatic heterocycles. The Hall–Kier alpha value is -0.340. The van der Waals surface area contributed by atoms with Crippen molar-refractivity contribution in [1.82, 2.24) is 5.32 Å². The Balaban J connectivity index is 2.50. The number of aliphatic hydroxyl groups excluding tert-OH is 4. The zero-order chi connectivity index (χ0) is 14.4. The van der Waals surface area contributed by atoms with Crippen LogP contribution in [0.15, 0.2) is 0 Å². The molecule has 0 aliphatic carbocycles. The van der Waals surface area contributed by atoms with Gasteiger partial charge >= 0.3 is 0 Å². The van der Waals surface area contributed by atoms with E-state index in [1.807, 2.05) is 6.92 Å². The van der Waals surface area contributed by atoms with Gasteiger partial charge in [0.15, 0.2) is 0 Å². The molecule has 0 radical (unpaired) electrons. The molecule has 1 amide bonds. The molecule has 1 aliphatic rings. The Morgan fingerprint density at radius 3 is 2.47 bits per heavy atom. The maximum Gasteiger partial charge on any atom is 0.220 e. The van der Waals surface area contributed by atoms with Crippen LogP contribution < -0.4 is 5.32 Å². The molecule has 112 valence electrons. The number of rotatable bonds is 6. The summed E-state index contributed by atoms with van der Waals surface area (Å²) in [4.78, 5) is 11.7. The molecule has 1 heterocycles. The third-order valence-electron chi connectivity index (χ3n) is 3.24. The van der Waals surface area contributed by atoms with Crippen LogP contribution in [0.1, 0.15) is 32.6 Å². The lowest BCUT2D eigenvalue weighted by atomic mass is 10.0. The number of thioether (sulfide) groups is 1. The van der Waals surface area contributed by atoms with Crippen LogP contribution in [0.25, 0.3) is 0 Å². The monoisotopic (exact) mass is 293 g/mol. The van der Waals surface area contributed by atoms with Crippen LogP contribution in [0.3, 0.4) is 0 Å². The van der Waals surface area contributed by atoms with Crippen molar-refractivity contribution in [2.45, 2.75) is 61.5 Å². The van der Waals surface area contributed by atoms with Gasteiger partial charge in [-0.3, -0.25) is 4.79 Å². The molecule has 1 fully saturated rings. The molecule has 5 N–H and O–H groups in total. The standard InChI is InChI=1S/C12H23NO5S/c1-2-3-4-5-8(15)13-9-11(17)10(16)7(6-14)19-12(9)18/h7,9-12,14,16-18H,2-6H2,1H3,(H,13,15)/t7-,9-,10-,11-,12+/m1/s1. The number of aliphatic hydroxyl groups is 4. The second-order valence-corrected chi connectivity index (χ2v) is 6.14. The van der Waals surface area contributed by atoms with Gasteiger partial charge in [-0.25, -0.2) is 0 Å². The number of nitrogens with one attached hydrogen (secondary N) is 1. The van der Waals surface area contributed by atoms with Gasteiger partial charge < -0.3 is 25.7 Å². The highest BCUT2D eigenvalue weighted by atomic mass is 32.2. The third-order valence-corrected chi connectivity index (χ3v) is 4.58. The molecule has 1 saturated heterocycles. The number of hydrogen-bond acceptors (Lipinski definition) is 6. The van der Waals surface area contributed by atoms with E-state index >= 15 is 0 Å². The number of carbonyl (C=O) groups excluding carboxylic acids is 1. The van der Waals surface area contributed by atoms with Crippen molar-refractivity contribution < 1.29 is 25.2 Å². The Morgan fingerprint density at radius 1 is 1.21 bits per heavy atom. The van der Waals surface area contributed by atoms with Gasteiger partial charge in [0.25, 0.3) is 0 Å². The van der Waals surface area contributed by atoms with Crippen molar-refractivity contribution >= 4 is 17.7 Å². The van der Waals surface area contributed by atoms with E-state index in [-0.39, 0.29) is 12.5 Å². The normalized spacial score (nSPS) is 35.1. The predicted molar refractivity (Wildman–Crippen MR) is 72.6 cm³/mol. The van der Waals surface area contributed by atoms with Crippen LogP contribution in [0.5, 0.6) is 0 Å². The predicted octanol–water partition coefficient (Wildman–Crippen LogP) is -0.801. The molecule has 0 spiro atoms. The van der Waals surface area contributed by atoms with Crippen LogP contribution in [-0.4, -0.2) is 61.9 Å². The van der Waals surface area contributed by atoms with Crippen molar-refractivity contribution in [1.29, 1.82) is 0 Å². The topological polar surface area (TPSA) is 110 Å². The van der Waals surface area contributed by atoms with Crippen LogP contribution in [0.2, 0.25) is 0 Å². The highest BCUT2D eigenvalue weighted by Gasteiger charge is 2.43. The summed E-state index contributed by atoms with van der Waals surface area (Å²) in [5, 5.41) is 40.4. The summed E-state index contributed by atoms with van der Waals surface area (Å²) in [6, 6.07) is -0.906. The molecule has 0 aromatic carbocycles. The Bertz CT molecular complexity index is 291. The molecule has 6 nitrogen and oxygen atoms in total. The average Bonchev–Trinajstić information content (AvgIpc) is 2.39. The minimum atomic E-state index is -1.27. The lowest BCUT2D eigenvalue weighted by Crippen LogP contribution is -2.60. The Kier molecular flexibility index (Phi) is 7.09. The first-order chi connectivity index (χ1) is 9.01. The Morgan fingerprint density at radius 2 is 1.89 bits per heavy atom. The van der Waals surface area contributed by atoms with Crippen LogP contribution in [0, 0.1) is 0 Å². The van der Waals surface area contributed by atoms with E-state index in [1.165, 1.54) is 0 Å². The fraction of sp³-hybridized carbons (Fsp3) is 0.917. The second kappa shape index (κ2) is 8.06. The van der Waals surface area contributed by atoms with Gasteiger partial charge in [0.2, 0.25) is 5.91 Å². The lowest BCUT2D eigenvalue weighted by Gasteiger charge is -2.39. The molecule has 5 atom stereocenters. The van der Waals surface area contributed by atoms with Crippen LogP contribution >= 0.6 is 11.8 Å². The molecular formula is C12H23NO5S. The highest BCUT2D eigenvalue weighted by Crippen LogP contribution is 2.31. The first kappa shape index (κ1) is 16.7. The lowest BCUT2D eigenvalue weighted by molar-refractivity contribution is -0.125. The summed E-state index contributed by atoms with van der Waals surface area (Å²) in [6.45, 7) is 1.70. The van der Waals surface area contributed by atoms with Crippen molar-refractivity contribution in [2.24, 2.45) is 0 Å². The summed E-state index contributed by atoms with van der Waals surface area (Å²) in [6.07, 6.45) is 0.620. The van der Waals surface area contributed by atoms with Crippen LogP contribution in [-0.2, 0) is 4.79 Å². The minimum absolute atomic E-state index is 0.244. The molecule has 0 aromatic rings. The summed E-state index contributed by atoms with van der Waals surface area (Å²) < 4.78 is 0. The SMILES string of the molecule is CCCCCC(=O)N[C@@H]1[C@@H](O)[C@H](O)[C@@H](CO)S[C@@H]1O. The van der Waals surface area contributed by atoms with Crippen molar-refractivity contribution in [3.63, 3.8) is 0 Å². The first-order valence-corrected chi connectivity index (χ1v) is 7.55. The van der Waals surface area contributed by atoms with Gasteiger partial charge in [-0.05, 0) is 6.42 Å². The van der Waals surface area contributed by atoms with Gasteiger partial charge in [-0.1, -0.05) is 19.8 Å². The van der Waals surface area contributed by atoms with E-state index < -0.39 is 28.9 Å². The van der Waals surface area contributed by atoms with E-state index in [4.69, 9.17) is 5.11 Å². The fourth-order valence-electron chi connectivity index (χ4n) is 2.05. The van der Waals surface area contributed by atoms with Gasteiger partial charge in [0.05, 0.1) is 24.0 Å². The van der Waals surface area contributed by atoms with E-state index in [9.17, 15) is 20.1 Å². The van der Waals surface area contributed by atoms with Crippen LogP contribution in [0.4, 0.5) is 0 Å². The molecule has 0 saturated carbocycles. The van der Waals surface area contributed by atoms with E-state index in [0.29, 0.717) is 6.42 Å². The average molecular weight is 293 g/mol.